The van der Waals surface area contributed by atoms with Crippen molar-refractivity contribution in [1.82, 2.24) is 9.80 Å². The first-order valence-corrected chi connectivity index (χ1v) is 6.14. The van der Waals surface area contributed by atoms with Crippen molar-refractivity contribution in [3.05, 3.63) is 0 Å². The number of hydrogen-bond donors (Lipinski definition) is 2. The van der Waals surface area contributed by atoms with Crippen LogP contribution < -0.4 is 5.73 Å². The highest BCUT2D eigenvalue weighted by Crippen LogP contribution is 2.16. The molecule has 0 aromatic heterocycles. The second-order valence-electron chi connectivity index (χ2n) is 6.09. The third-order valence-corrected chi connectivity index (χ3v) is 3.34. The molecule has 96 valence electrons. The van der Waals surface area contributed by atoms with Crippen molar-refractivity contribution in [3.8, 4) is 0 Å². The number of piperazine rings is 1. The van der Waals surface area contributed by atoms with Gasteiger partial charge in [-0.3, -0.25) is 9.80 Å². The highest BCUT2D eigenvalue weighted by Gasteiger charge is 2.29. The van der Waals surface area contributed by atoms with Crippen LogP contribution in [0.25, 0.3) is 0 Å². The van der Waals surface area contributed by atoms with Gasteiger partial charge in [-0.2, -0.15) is 0 Å². The van der Waals surface area contributed by atoms with Gasteiger partial charge in [0.2, 0.25) is 0 Å². The third kappa shape index (κ3) is 4.01. The number of rotatable bonds is 4. The van der Waals surface area contributed by atoms with Gasteiger partial charge in [-0.25, -0.2) is 0 Å². The minimum atomic E-state index is -0.592. The molecular weight excluding hydrogens is 202 g/mol. The van der Waals surface area contributed by atoms with Crippen molar-refractivity contribution in [2.24, 2.45) is 5.73 Å². The van der Waals surface area contributed by atoms with E-state index in [0.29, 0.717) is 6.54 Å². The Kier molecular flexibility index (Phi) is 4.35. The van der Waals surface area contributed by atoms with Crippen LogP contribution in [0.15, 0.2) is 0 Å². The Morgan fingerprint density at radius 3 is 1.94 bits per heavy atom. The van der Waals surface area contributed by atoms with Crippen LogP contribution in [0.4, 0.5) is 0 Å². The van der Waals surface area contributed by atoms with Crippen LogP contribution in [0, 0.1) is 0 Å². The summed E-state index contributed by atoms with van der Waals surface area (Å²) in [6.07, 6.45) is 0. The Hall–Kier alpha value is -0.160. The molecule has 0 saturated carbocycles. The second-order valence-corrected chi connectivity index (χ2v) is 6.09. The number of nitrogens with zero attached hydrogens (tertiary/aromatic N) is 2. The predicted octanol–water partition coefficient (Wildman–Crippen LogP) is 0.112. The summed E-state index contributed by atoms with van der Waals surface area (Å²) in [7, 11) is 0. The molecule has 0 spiro atoms. The van der Waals surface area contributed by atoms with Gasteiger partial charge in [0.15, 0.2) is 0 Å². The van der Waals surface area contributed by atoms with Crippen molar-refractivity contribution in [1.29, 1.82) is 0 Å². The number of hydrogen-bond acceptors (Lipinski definition) is 4. The Labute approximate surface area is 99.4 Å². The molecule has 1 aliphatic rings. The van der Waals surface area contributed by atoms with E-state index in [9.17, 15) is 5.11 Å². The van der Waals surface area contributed by atoms with Gasteiger partial charge in [0.25, 0.3) is 0 Å². The highest BCUT2D eigenvalue weighted by molar-refractivity contribution is 4.87. The van der Waals surface area contributed by atoms with Crippen LogP contribution in [0.3, 0.4) is 0 Å². The minimum absolute atomic E-state index is 0.0980. The molecule has 0 bridgehead atoms. The van der Waals surface area contributed by atoms with E-state index < -0.39 is 5.60 Å². The fourth-order valence-corrected chi connectivity index (χ4v) is 2.19. The Balaban J connectivity index is 2.40. The van der Waals surface area contributed by atoms with Gasteiger partial charge in [-0.05, 0) is 27.7 Å². The number of aliphatic hydroxyl groups is 1. The summed E-state index contributed by atoms with van der Waals surface area (Å²) in [6.45, 7) is 13.7. The summed E-state index contributed by atoms with van der Waals surface area (Å²) in [5.74, 6) is 0. The fourth-order valence-electron chi connectivity index (χ4n) is 2.19. The van der Waals surface area contributed by atoms with E-state index in [0.717, 1.165) is 32.7 Å². The molecule has 1 fully saturated rings. The predicted molar refractivity (Wildman–Crippen MR) is 67.4 cm³/mol. The van der Waals surface area contributed by atoms with E-state index in [1.54, 1.807) is 0 Å². The molecule has 4 heteroatoms. The molecule has 0 amide bonds. The Bertz CT molecular complexity index is 215. The van der Waals surface area contributed by atoms with Crippen LogP contribution in [0.5, 0.6) is 0 Å². The van der Waals surface area contributed by atoms with E-state index in [1.165, 1.54) is 0 Å². The van der Waals surface area contributed by atoms with Crippen molar-refractivity contribution in [2.45, 2.75) is 38.8 Å². The van der Waals surface area contributed by atoms with Gasteiger partial charge in [0.05, 0.1) is 5.60 Å². The largest absolute Gasteiger partial charge is 0.389 e. The topological polar surface area (TPSA) is 52.7 Å². The van der Waals surface area contributed by atoms with Gasteiger partial charge in [0.1, 0.15) is 0 Å². The van der Waals surface area contributed by atoms with Crippen molar-refractivity contribution >= 4 is 0 Å². The molecule has 3 N–H and O–H groups in total. The maximum absolute atomic E-state index is 9.77. The average molecular weight is 229 g/mol. The van der Waals surface area contributed by atoms with Crippen molar-refractivity contribution in [3.63, 3.8) is 0 Å². The molecule has 1 saturated heterocycles. The van der Waals surface area contributed by atoms with Crippen molar-refractivity contribution in [2.75, 3.05) is 39.3 Å². The molecule has 0 atom stereocenters. The normalized spacial score (nSPS) is 21.4. The van der Waals surface area contributed by atoms with Gasteiger partial charge in [-0.15, -0.1) is 0 Å². The van der Waals surface area contributed by atoms with Gasteiger partial charge in [-0.1, -0.05) is 0 Å². The summed E-state index contributed by atoms with van der Waals surface area (Å²) >= 11 is 0. The Morgan fingerprint density at radius 1 is 1.06 bits per heavy atom. The van der Waals surface area contributed by atoms with Crippen LogP contribution in [-0.2, 0) is 0 Å². The molecule has 0 aromatic carbocycles. The lowest BCUT2D eigenvalue weighted by Crippen LogP contribution is -2.58. The molecular formula is C12H27N3O. The number of nitrogens with two attached hydrogens (primary N) is 1. The first-order chi connectivity index (χ1) is 7.24. The minimum Gasteiger partial charge on any atom is -0.389 e. The van der Waals surface area contributed by atoms with Crippen LogP contribution in [-0.4, -0.2) is 65.3 Å². The van der Waals surface area contributed by atoms with E-state index in [4.69, 9.17) is 5.73 Å². The van der Waals surface area contributed by atoms with Crippen LogP contribution in [0.2, 0.25) is 0 Å². The van der Waals surface area contributed by atoms with Crippen LogP contribution in [0.1, 0.15) is 27.7 Å². The zero-order valence-corrected chi connectivity index (χ0v) is 11.2. The summed E-state index contributed by atoms with van der Waals surface area (Å²) < 4.78 is 0. The average Bonchev–Trinajstić information content (AvgIpc) is 2.16. The Morgan fingerprint density at radius 2 is 1.56 bits per heavy atom. The summed E-state index contributed by atoms with van der Waals surface area (Å²) in [5, 5.41) is 9.77. The third-order valence-electron chi connectivity index (χ3n) is 3.34. The highest BCUT2D eigenvalue weighted by atomic mass is 16.3. The monoisotopic (exact) mass is 229 g/mol. The summed E-state index contributed by atoms with van der Waals surface area (Å²) in [4.78, 5) is 4.76. The van der Waals surface area contributed by atoms with Gasteiger partial charge < -0.3 is 10.8 Å². The fraction of sp³-hybridized carbons (Fsp3) is 1.00. The lowest BCUT2D eigenvalue weighted by molar-refractivity contribution is 0.000248. The zero-order chi connectivity index (χ0) is 12.4. The standard InChI is InChI=1S/C12H27N3O/c1-11(2,9-13)15-7-5-14(6-8-15)10-12(3,4)16/h16H,5-10,13H2,1-4H3. The van der Waals surface area contributed by atoms with E-state index >= 15 is 0 Å². The molecule has 0 aliphatic carbocycles. The molecule has 0 aromatic rings. The smallest absolute Gasteiger partial charge is 0.0718 e. The molecule has 1 heterocycles. The molecule has 0 radical (unpaired) electrons. The molecule has 1 aliphatic heterocycles. The zero-order valence-electron chi connectivity index (χ0n) is 11.2. The maximum atomic E-state index is 9.77. The molecule has 4 nitrogen and oxygen atoms in total. The van der Waals surface area contributed by atoms with Crippen molar-refractivity contribution < 1.29 is 5.11 Å². The second kappa shape index (κ2) is 5.00. The van der Waals surface area contributed by atoms with E-state index in [1.807, 2.05) is 13.8 Å². The molecule has 0 unspecified atom stereocenters. The molecule has 16 heavy (non-hydrogen) atoms. The first kappa shape index (κ1) is 13.9. The van der Waals surface area contributed by atoms with Crippen LogP contribution >= 0.6 is 0 Å². The summed E-state index contributed by atoms with van der Waals surface area (Å²) in [6, 6.07) is 0. The SMILES string of the molecule is CC(C)(O)CN1CCN(C(C)(C)CN)CC1. The molecule has 1 rings (SSSR count). The number of β-amino-alcohol motifs (C(OH)–C–C–N with tert-alkyl or cyclic N) is 1. The first-order valence-electron chi connectivity index (χ1n) is 6.14. The quantitative estimate of drug-likeness (QED) is 0.718. The van der Waals surface area contributed by atoms with Gasteiger partial charge in [0, 0.05) is 44.8 Å². The van der Waals surface area contributed by atoms with Gasteiger partial charge >= 0.3 is 0 Å². The van der Waals surface area contributed by atoms with E-state index in [-0.39, 0.29) is 5.54 Å². The lowest BCUT2D eigenvalue weighted by Gasteiger charge is -2.44. The summed E-state index contributed by atoms with van der Waals surface area (Å²) in [5.41, 5.74) is 5.28. The van der Waals surface area contributed by atoms with E-state index in [2.05, 4.69) is 23.6 Å². The lowest BCUT2D eigenvalue weighted by atomic mass is 10.0. The maximum Gasteiger partial charge on any atom is 0.0718 e.